The van der Waals surface area contributed by atoms with Gasteiger partial charge in [0, 0.05) is 0 Å². The molecule has 1 aliphatic rings. The lowest BCUT2D eigenvalue weighted by atomic mass is 10.2. The average Bonchev–Trinajstić information content (AvgIpc) is 2.44. The maximum absolute atomic E-state index is 11.5. The van der Waals surface area contributed by atoms with E-state index in [1.54, 1.807) is 25.1 Å². The Morgan fingerprint density at radius 3 is 2.44 bits per heavy atom. The number of para-hydroxylation sites is 1. The van der Waals surface area contributed by atoms with E-state index in [-0.39, 0.29) is 10.7 Å². The molecule has 16 heavy (non-hydrogen) atoms. The van der Waals surface area contributed by atoms with Gasteiger partial charge in [0.2, 0.25) is 0 Å². The Morgan fingerprint density at radius 1 is 1.25 bits per heavy atom. The molecule has 1 heterocycles. The number of nitrogens with one attached hydrogen (secondary N) is 1. The molecule has 1 fully saturated rings. The number of hydrogen-bond donors (Lipinski definition) is 1. The summed E-state index contributed by atoms with van der Waals surface area (Å²) in [5, 5.41) is 2.16. The zero-order valence-electron chi connectivity index (χ0n) is 8.28. The monoisotopic (exact) mass is 238 g/mol. The fourth-order valence-electron chi connectivity index (χ4n) is 1.51. The Morgan fingerprint density at radius 2 is 1.94 bits per heavy atom. The van der Waals surface area contributed by atoms with Crippen LogP contribution in [0, 0.1) is 6.92 Å². The Bertz CT molecular complexity index is 493. The first kappa shape index (κ1) is 10.6. The number of nitrogens with zero attached hydrogens (tertiary/aromatic N) is 1. The van der Waals surface area contributed by atoms with Gasteiger partial charge < -0.3 is 0 Å². The molecule has 6 heteroatoms. The maximum atomic E-state index is 11.5. The topological polar surface area (TPSA) is 66.5 Å². The predicted octanol–water partition coefficient (Wildman–Crippen LogP) is 1.23. The number of halogens is 1. The molecular weight excluding hydrogens is 232 g/mol. The fourth-order valence-corrected chi connectivity index (χ4v) is 1.82. The molecule has 1 aromatic rings. The van der Waals surface area contributed by atoms with Gasteiger partial charge in [-0.1, -0.05) is 23.7 Å². The van der Waals surface area contributed by atoms with Gasteiger partial charge in [-0.2, -0.15) is 0 Å². The van der Waals surface area contributed by atoms with Gasteiger partial charge in [0.15, 0.2) is 0 Å². The van der Waals surface area contributed by atoms with E-state index < -0.39 is 17.8 Å². The molecule has 0 bridgehead atoms. The lowest BCUT2D eigenvalue weighted by Gasteiger charge is -2.15. The summed E-state index contributed by atoms with van der Waals surface area (Å²) in [6.07, 6.45) is 0. The molecule has 5 nitrogen and oxygen atoms in total. The molecule has 1 N–H and O–H groups in total. The normalized spacial score (nSPS) is 15.6. The van der Waals surface area contributed by atoms with Gasteiger partial charge >= 0.3 is 17.8 Å². The number of benzene rings is 1. The number of hydrogen-bond acceptors (Lipinski definition) is 3. The van der Waals surface area contributed by atoms with Crippen LogP contribution in [0.25, 0.3) is 0 Å². The van der Waals surface area contributed by atoms with E-state index in [1.807, 2.05) is 5.32 Å². The van der Waals surface area contributed by atoms with E-state index in [2.05, 4.69) is 0 Å². The lowest BCUT2D eigenvalue weighted by Crippen LogP contribution is -2.31. The van der Waals surface area contributed by atoms with Gasteiger partial charge in [0.1, 0.15) is 0 Å². The van der Waals surface area contributed by atoms with E-state index in [0.29, 0.717) is 5.56 Å². The summed E-state index contributed by atoms with van der Waals surface area (Å²) < 4.78 is 0. The van der Waals surface area contributed by atoms with Crippen molar-refractivity contribution in [3.63, 3.8) is 0 Å². The third-order valence-corrected chi connectivity index (χ3v) is 2.54. The molecule has 1 aromatic carbocycles. The number of rotatable bonds is 1. The van der Waals surface area contributed by atoms with E-state index in [4.69, 9.17) is 11.6 Å². The van der Waals surface area contributed by atoms with Crippen LogP contribution < -0.4 is 10.2 Å². The van der Waals surface area contributed by atoms with Crippen molar-refractivity contribution < 1.29 is 14.4 Å². The minimum atomic E-state index is -0.940. The highest BCUT2D eigenvalue weighted by Crippen LogP contribution is 2.30. The first-order chi connectivity index (χ1) is 7.52. The number of amides is 4. The van der Waals surface area contributed by atoms with Gasteiger partial charge in [-0.05, 0) is 18.6 Å². The van der Waals surface area contributed by atoms with Gasteiger partial charge in [-0.15, -0.1) is 0 Å². The highest BCUT2D eigenvalue weighted by Gasteiger charge is 2.39. The SMILES string of the molecule is Cc1cccc(Cl)c1N1C(=O)NC(=O)C1=O. The number of carbonyl (C=O) groups is 3. The molecule has 4 amide bonds. The first-order valence-electron chi connectivity index (χ1n) is 4.47. The first-order valence-corrected chi connectivity index (χ1v) is 4.84. The molecule has 1 aliphatic heterocycles. The minimum absolute atomic E-state index is 0.248. The second kappa shape index (κ2) is 3.61. The third-order valence-electron chi connectivity index (χ3n) is 2.23. The van der Waals surface area contributed by atoms with Crippen molar-refractivity contribution >= 4 is 35.1 Å². The predicted molar refractivity (Wildman–Crippen MR) is 57.2 cm³/mol. The van der Waals surface area contributed by atoms with Crippen LogP contribution in [-0.4, -0.2) is 17.8 Å². The summed E-state index contributed by atoms with van der Waals surface area (Å²) in [6.45, 7) is 1.70. The largest absolute Gasteiger partial charge is 0.336 e. The Balaban J connectivity index is 2.57. The Labute approximate surface area is 96.0 Å². The number of imide groups is 2. The summed E-state index contributed by atoms with van der Waals surface area (Å²) in [6, 6.07) is 4.17. The van der Waals surface area contributed by atoms with Gasteiger partial charge in [0.05, 0.1) is 10.7 Å². The van der Waals surface area contributed by atoms with Crippen LogP contribution in [0.2, 0.25) is 5.02 Å². The van der Waals surface area contributed by atoms with E-state index >= 15 is 0 Å². The minimum Gasteiger partial charge on any atom is -0.269 e. The molecule has 0 saturated carbocycles. The van der Waals surface area contributed by atoms with Crippen LogP contribution >= 0.6 is 11.6 Å². The molecule has 0 spiro atoms. The smallest absolute Gasteiger partial charge is 0.269 e. The van der Waals surface area contributed by atoms with Crippen molar-refractivity contribution in [3.8, 4) is 0 Å². The zero-order valence-corrected chi connectivity index (χ0v) is 9.04. The molecule has 0 radical (unpaired) electrons. The van der Waals surface area contributed by atoms with E-state index in [9.17, 15) is 14.4 Å². The molecule has 0 aromatic heterocycles. The standard InChI is InChI=1S/C10H7ClN2O3/c1-5-3-2-4-6(11)7(5)13-9(15)8(14)12-10(13)16/h2-4H,1H3,(H,12,14,16). The summed E-state index contributed by atoms with van der Waals surface area (Å²) in [5.74, 6) is -1.86. The second-order valence-electron chi connectivity index (χ2n) is 3.31. The van der Waals surface area contributed by atoms with Gasteiger partial charge in [0.25, 0.3) is 0 Å². The van der Waals surface area contributed by atoms with Crippen LogP contribution in [0.3, 0.4) is 0 Å². The van der Waals surface area contributed by atoms with Crippen LogP contribution in [-0.2, 0) is 9.59 Å². The van der Waals surface area contributed by atoms with Crippen LogP contribution in [0.4, 0.5) is 10.5 Å². The summed E-state index contributed by atoms with van der Waals surface area (Å²) in [4.78, 5) is 34.6. The highest BCUT2D eigenvalue weighted by atomic mass is 35.5. The Hall–Kier alpha value is -1.88. The quantitative estimate of drug-likeness (QED) is 0.591. The van der Waals surface area contributed by atoms with Crippen molar-refractivity contribution in [2.75, 3.05) is 4.90 Å². The lowest BCUT2D eigenvalue weighted by molar-refractivity contribution is -0.134. The zero-order chi connectivity index (χ0) is 11.9. The highest BCUT2D eigenvalue weighted by molar-refractivity contribution is 6.54. The van der Waals surface area contributed by atoms with Crippen molar-refractivity contribution in [1.29, 1.82) is 0 Å². The molecule has 0 aliphatic carbocycles. The summed E-state index contributed by atoms with van der Waals surface area (Å²) in [5.41, 5.74) is 0.892. The summed E-state index contributed by atoms with van der Waals surface area (Å²) in [7, 11) is 0. The van der Waals surface area contributed by atoms with Crippen molar-refractivity contribution in [2.24, 2.45) is 0 Å². The van der Waals surface area contributed by atoms with Gasteiger partial charge in [-0.3, -0.25) is 14.9 Å². The molecule has 0 atom stereocenters. The van der Waals surface area contributed by atoms with E-state index in [0.717, 1.165) is 4.90 Å². The number of anilines is 1. The third kappa shape index (κ3) is 1.45. The number of aryl methyl sites for hydroxylation is 1. The second-order valence-corrected chi connectivity index (χ2v) is 3.71. The maximum Gasteiger partial charge on any atom is 0.336 e. The van der Waals surface area contributed by atoms with Crippen LogP contribution in [0.15, 0.2) is 18.2 Å². The van der Waals surface area contributed by atoms with Gasteiger partial charge in [-0.25, -0.2) is 9.69 Å². The number of carbonyl (C=O) groups excluding carboxylic acids is 3. The number of urea groups is 1. The van der Waals surface area contributed by atoms with Crippen LogP contribution in [0.1, 0.15) is 5.56 Å². The molecule has 0 unspecified atom stereocenters. The summed E-state index contributed by atoms with van der Waals surface area (Å²) >= 11 is 5.90. The molecule has 82 valence electrons. The van der Waals surface area contributed by atoms with Crippen molar-refractivity contribution in [1.82, 2.24) is 5.32 Å². The van der Waals surface area contributed by atoms with Crippen LogP contribution in [0.5, 0.6) is 0 Å². The fraction of sp³-hybridized carbons (Fsp3) is 0.100. The molecule has 1 saturated heterocycles. The van der Waals surface area contributed by atoms with Crippen molar-refractivity contribution in [2.45, 2.75) is 6.92 Å². The Kier molecular flexibility index (Phi) is 2.40. The molecule has 2 rings (SSSR count). The van der Waals surface area contributed by atoms with E-state index in [1.165, 1.54) is 0 Å². The average molecular weight is 239 g/mol. The van der Waals surface area contributed by atoms with Crippen molar-refractivity contribution in [3.05, 3.63) is 28.8 Å². The molecular formula is C10H7ClN2O3.